The lowest BCUT2D eigenvalue weighted by atomic mass is 9.93. The molecule has 146 valence electrons. The van der Waals surface area contributed by atoms with Gasteiger partial charge in [-0.15, -0.1) is 0 Å². The van der Waals surface area contributed by atoms with Gasteiger partial charge in [0.15, 0.2) is 5.72 Å². The highest BCUT2D eigenvalue weighted by Gasteiger charge is 2.51. The van der Waals surface area contributed by atoms with Crippen molar-refractivity contribution in [2.45, 2.75) is 24.6 Å². The fraction of sp³-hybridized carbons (Fsp3) is 0.364. The monoisotopic (exact) mass is 441 g/mol. The summed E-state index contributed by atoms with van der Waals surface area (Å²) in [4.78, 5) is 2.37. The van der Waals surface area contributed by atoms with Crippen LogP contribution >= 0.6 is 15.9 Å². The molecule has 6 heteroatoms. The highest BCUT2D eigenvalue weighted by atomic mass is 79.9. The summed E-state index contributed by atoms with van der Waals surface area (Å²) in [6, 6.07) is 14.6. The molecule has 0 bridgehead atoms. The normalized spacial score (nSPS) is 23.4. The van der Waals surface area contributed by atoms with E-state index in [1.54, 1.807) is 7.11 Å². The van der Waals surface area contributed by atoms with Crippen molar-refractivity contribution in [1.82, 2.24) is 15.3 Å². The van der Waals surface area contributed by atoms with E-state index in [0.717, 1.165) is 53.2 Å². The van der Waals surface area contributed by atoms with Gasteiger partial charge in [0.25, 0.3) is 0 Å². The first kappa shape index (κ1) is 18.0. The number of hydrazine groups is 1. The molecule has 0 saturated carbocycles. The number of ether oxygens (including phenoxy) is 2. The molecular weight excluding hydrogens is 418 g/mol. The molecule has 1 atom stereocenters. The van der Waals surface area contributed by atoms with Crippen molar-refractivity contribution in [1.29, 1.82) is 0 Å². The van der Waals surface area contributed by atoms with E-state index in [-0.39, 0.29) is 11.8 Å². The maximum Gasteiger partial charge on any atom is 0.182 e. The second-order valence-corrected chi connectivity index (χ2v) is 8.69. The first-order chi connectivity index (χ1) is 13.6. The number of halogens is 1. The highest BCUT2D eigenvalue weighted by Crippen LogP contribution is 2.49. The largest absolute Gasteiger partial charge is 0.497 e. The van der Waals surface area contributed by atoms with Crippen LogP contribution in [-0.4, -0.2) is 42.9 Å². The lowest BCUT2D eigenvalue weighted by Crippen LogP contribution is -2.63. The van der Waals surface area contributed by atoms with Crippen LogP contribution in [0.5, 0.6) is 11.5 Å². The molecule has 28 heavy (non-hydrogen) atoms. The summed E-state index contributed by atoms with van der Waals surface area (Å²) >= 11 is 3.62. The van der Waals surface area contributed by atoms with Gasteiger partial charge in [-0.2, -0.15) is 5.01 Å². The van der Waals surface area contributed by atoms with Crippen molar-refractivity contribution >= 4 is 21.6 Å². The molecule has 3 aliphatic rings. The fourth-order valence-corrected chi connectivity index (χ4v) is 4.79. The number of benzene rings is 2. The highest BCUT2D eigenvalue weighted by molar-refractivity contribution is 9.10. The molecule has 1 unspecified atom stereocenters. The van der Waals surface area contributed by atoms with E-state index in [9.17, 15) is 0 Å². The van der Waals surface area contributed by atoms with E-state index < -0.39 is 0 Å². The number of nitrogens with one attached hydrogen (secondary N) is 1. The number of fused-ring (bicyclic) bond motifs is 4. The molecule has 0 aliphatic carbocycles. The van der Waals surface area contributed by atoms with E-state index in [0.29, 0.717) is 0 Å². The lowest BCUT2D eigenvalue weighted by Gasteiger charge is -2.51. The molecule has 0 aromatic heterocycles. The van der Waals surface area contributed by atoms with Crippen LogP contribution in [0.4, 0.5) is 0 Å². The van der Waals surface area contributed by atoms with Crippen molar-refractivity contribution in [3.8, 4) is 11.5 Å². The van der Waals surface area contributed by atoms with Gasteiger partial charge in [0.1, 0.15) is 11.5 Å². The Hall–Kier alpha value is -2.02. The predicted molar refractivity (Wildman–Crippen MR) is 113 cm³/mol. The number of nitrogens with zero attached hydrogens (tertiary/aromatic N) is 2. The molecule has 0 amide bonds. The second kappa shape index (κ2) is 6.79. The molecule has 5 rings (SSSR count). The lowest BCUT2D eigenvalue weighted by molar-refractivity contribution is -0.157. The third-order valence-electron chi connectivity index (χ3n) is 6.02. The molecule has 1 saturated heterocycles. The van der Waals surface area contributed by atoms with Crippen LogP contribution in [-0.2, 0) is 0 Å². The van der Waals surface area contributed by atoms with Crippen LogP contribution in [0.3, 0.4) is 0 Å². The molecule has 3 heterocycles. The zero-order valence-corrected chi connectivity index (χ0v) is 17.7. The van der Waals surface area contributed by atoms with Gasteiger partial charge in [-0.3, -0.25) is 0 Å². The fourth-order valence-electron chi connectivity index (χ4n) is 4.41. The predicted octanol–water partition coefficient (Wildman–Crippen LogP) is 4.17. The molecule has 2 aromatic rings. The van der Waals surface area contributed by atoms with Crippen LogP contribution in [0.25, 0.3) is 5.70 Å². The summed E-state index contributed by atoms with van der Waals surface area (Å²) in [5.74, 6) is 1.84. The molecule has 1 fully saturated rings. The summed E-state index contributed by atoms with van der Waals surface area (Å²) in [7, 11) is 3.88. The second-order valence-electron chi connectivity index (χ2n) is 7.77. The Morgan fingerprint density at radius 1 is 1.18 bits per heavy atom. The average Bonchev–Trinajstić information content (AvgIpc) is 3.18. The maximum atomic E-state index is 6.66. The van der Waals surface area contributed by atoms with Crippen LogP contribution < -0.4 is 14.9 Å². The summed E-state index contributed by atoms with van der Waals surface area (Å²) in [6.45, 7) is 2.04. The minimum atomic E-state index is -0.338. The zero-order chi connectivity index (χ0) is 19.3. The third kappa shape index (κ3) is 2.91. The standard InChI is InChI=1S/C22H24BrN3O2/c1-25-10-8-22(9-11-25)26-20(18-13-16(23)6-7-21(18)28-22)14-19(24-26)15-4-3-5-17(12-15)27-2/h3-7,12-14,20,24H,8-11H2,1-2H3. The van der Waals surface area contributed by atoms with Crippen LogP contribution in [0, 0.1) is 0 Å². The SMILES string of the molecule is COc1cccc(C2=CC3c4cc(Br)ccc4OC4(CCN(C)CC4)N3N2)c1. The number of piperidine rings is 1. The molecule has 2 aromatic carbocycles. The van der Waals surface area contributed by atoms with Crippen molar-refractivity contribution in [3.63, 3.8) is 0 Å². The Balaban J connectivity index is 1.58. The van der Waals surface area contributed by atoms with E-state index >= 15 is 0 Å². The number of hydrogen-bond acceptors (Lipinski definition) is 5. The first-order valence-electron chi connectivity index (χ1n) is 9.67. The molecule has 1 spiro atoms. The minimum Gasteiger partial charge on any atom is -0.497 e. The molecule has 5 nitrogen and oxygen atoms in total. The van der Waals surface area contributed by atoms with Gasteiger partial charge in [-0.1, -0.05) is 28.1 Å². The quantitative estimate of drug-likeness (QED) is 0.756. The topological polar surface area (TPSA) is 37.0 Å². The van der Waals surface area contributed by atoms with Crippen molar-refractivity contribution in [3.05, 3.63) is 64.1 Å². The summed E-state index contributed by atoms with van der Waals surface area (Å²) in [6.07, 6.45) is 4.23. The summed E-state index contributed by atoms with van der Waals surface area (Å²) in [5.41, 5.74) is 6.74. The Labute approximate surface area is 174 Å². The first-order valence-corrected chi connectivity index (χ1v) is 10.5. The van der Waals surface area contributed by atoms with Gasteiger partial charge in [0, 0.05) is 41.5 Å². The van der Waals surface area contributed by atoms with Gasteiger partial charge in [-0.25, -0.2) is 0 Å². The van der Waals surface area contributed by atoms with Crippen molar-refractivity contribution in [2.75, 3.05) is 27.2 Å². The van der Waals surface area contributed by atoms with Gasteiger partial charge < -0.3 is 19.8 Å². The molecular formula is C22H24BrN3O2. The Kier molecular flexibility index (Phi) is 4.38. The minimum absolute atomic E-state index is 0.130. The molecule has 3 aliphatic heterocycles. The van der Waals surface area contributed by atoms with Crippen molar-refractivity contribution < 1.29 is 9.47 Å². The van der Waals surface area contributed by atoms with Gasteiger partial charge in [0.2, 0.25) is 0 Å². The van der Waals surface area contributed by atoms with Crippen molar-refractivity contribution in [2.24, 2.45) is 0 Å². The zero-order valence-electron chi connectivity index (χ0n) is 16.1. The van der Waals surface area contributed by atoms with E-state index in [1.807, 2.05) is 12.1 Å². The smallest absolute Gasteiger partial charge is 0.182 e. The van der Waals surface area contributed by atoms with Gasteiger partial charge >= 0.3 is 0 Å². The Morgan fingerprint density at radius 3 is 2.79 bits per heavy atom. The number of hydrogen-bond donors (Lipinski definition) is 1. The van der Waals surface area contributed by atoms with Crippen LogP contribution in [0.15, 0.2) is 53.0 Å². The van der Waals surface area contributed by atoms with E-state index in [4.69, 9.17) is 9.47 Å². The third-order valence-corrected chi connectivity index (χ3v) is 6.52. The number of methoxy groups -OCH3 is 1. The summed E-state index contributed by atoms with van der Waals surface area (Å²) < 4.78 is 13.2. The summed E-state index contributed by atoms with van der Waals surface area (Å²) in [5, 5.41) is 2.32. The molecule has 0 radical (unpaired) electrons. The van der Waals surface area contributed by atoms with Crippen LogP contribution in [0.2, 0.25) is 0 Å². The van der Waals surface area contributed by atoms with E-state index in [2.05, 4.69) is 74.7 Å². The molecule has 1 N–H and O–H groups in total. The number of likely N-dealkylation sites (tertiary alicyclic amines) is 1. The maximum absolute atomic E-state index is 6.66. The average molecular weight is 442 g/mol. The van der Waals surface area contributed by atoms with Gasteiger partial charge in [-0.05, 0) is 43.5 Å². The van der Waals surface area contributed by atoms with Gasteiger partial charge in [0.05, 0.1) is 18.8 Å². The van der Waals surface area contributed by atoms with E-state index in [1.165, 1.54) is 5.56 Å². The van der Waals surface area contributed by atoms with Crippen LogP contribution in [0.1, 0.15) is 30.0 Å². The Bertz CT molecular complexity index is 937. The Morgan fingerprint density at radius 2 is 2.00 bits per heavy atom. The number of rotatable bonds is 2.